The van der Waals surface area contributed by atoms with Crippen LogP contribution in [0.2, 0.25) is 0 Å². The number of morpholine rings is 1. The maximum atomic E-state index is 12.8. The molecule has 158 valence electrons. The maximum absolute atomic E-state index is 12.8. The number of nitrogens with zero attached hydrogens (tertiary/aromatic N) is 2. The van der Waals surface area contributed by atoms with Crippen molar-refractivity contribution in [1.82, 2.24) is 9.80 Å². The first-order chi connectivity index (χ1) is 14.6. The van der Waals surface area contributed by atoms with Crippen LogP contribution in [-0.2, 0) is 31.9 Å². The van der Waals surface area contributed by atoms with Gasteiger partial charge in [-0.05, 0) is 11.1 Å². The lowest BCUT2D eigenvalue weighted by molar-refractivity contribution is -0.141. The van der Waals surface area contributed by atoms with Crippen molar-refractivity contribution >= 4 is 17.9 Å². The molecule has 0 aromatic heterocycles. The number of amides is 3. The van der Waals surface area contributed by atoms with Crippen LogP contribution in [0.3, 0.4) is 0 Å². The van der Waals surface area contributed by atoms with Gasteiger partial charge in [-0.1, -0.05) is 60.7 Å². The van der Waals surface area contributed by atoms with Gasteiger partial charge in [0, 0.05) is 19.6 Å². The molecule has 2 aromatic rings. The number of carbonyl (C=O) groups is 3. The minimum Gasteiger partial charge on any atom is -0.447 e. The zero-order chi connectivity index (χ0) is 21.2. The first-order valence-electron chi connectivity index (χ1n) is 10.0. The summed E-state index contributed by atoms with van der Waals surface area (Å²) in [5, 5.41) is 0. The summed E-state index contributed by atoms with van der Waals surface area (Å²) in [6, 6.07) is 18.0. The van der Waals surface area contributed by atoms with Crippen molar-refractivity contribution in [3.63, 3.8) is 0 Å². The average Bonchev–Trinajstić information content (AvgIpc) is 2.76. The lowest BCUT2D eigenvalue weighted by Crippen LogP contribution is -2.45. The summed E-state index contributed by atoms with van der Waals surface area (Å²) >= 11 is 0. The van der Waals surface area contributed by atoms with Crippen molar-refractivity contribution in [3.8, 4) is 0 Å². The van der Waals surface area contributed by atoms with Crippen molar-refractivity contribution in [2.75, 3.05) is 39.5 Å². The van der Waals surface area contributed by atoms with Gasteiger partial charge in [-0.25, -0.2) is 4.79 Å². The fourth-order valence-corrected chi connectivity index (χ4v) is 3.19. The fourth-order valence-electron chi connectivity index (χ4n) is 3.19. The third kappa shape index (κ3) is 6.50. The second kappa shape index (κ2) is 11.2. The van der Waals surface area contributed by atoms with Gasteiger partial charge in [0.05, 0.1) is 26.1 Å². The van der Waals surface area contributed by atoms with Gasteiger partial charge >= 0.3 is 6.09 Å². The Balaban J connectivity index is 1.64. The Morgan fingerprint density at radius 2 is 1.33 bits per heavy atom. The topological polar surface area (TPSA) is 76.2 Å². The number of benzene rings is 2. The highest BCUT2D eigenvalue weighted by Crippen LogP contribution is 2.09. The summed E-state index contributed by atoms with van der Waals surface area (Å²) in [6.07, 6.45) is -1.04. The van der Waals surface area contributed by atoms with Crippen molar-refractivity contribution < 1.29 is 23.9 Å². The van der Waals surface area contributed by atoms with Crippen molar-refractivity contribution in [1.29, 1.82) is 0 Å². The van der Waals surface area contributed by atoms with E-state index in [-0.39, 0.29) is 19.4 Å². The molecule has 0 unspecified atom stereocenters. The van der Waals surface area contributed by atoms with Crippen LogP contribution in [0.15, 0.2) is 60.7 Å². The van der Waals surface area contributed by atoms with Crippen molar-refractivity contribution in [2.45, 2.75) is 12.8 Å². The van der Waals surface area contributed by atoms with E-state index in [0.717, 1.165) is 24.2 Å². The van der Waals surface area contributed by atoms with Crippen LogP contribution >= 0.6 is 0 Å². The van der Waals surface area contributed by atoms with E-state index in [2.05, 4.69) is 4.90 Å². The summed E-state index contributed by atoms with van der Waals surface area (Å²) < 4.78 is 10.6. The Bertz CT molecular complexity index is 782. The molecule has 7 heteroatoms. The average molecular weight is 410 g/mol. The zero-order valence-electron chi connectivity index (χ0n) is 16.9. The van der Waals surface area contributed by atoms with Gasteiger partial charge in [0.15, 0.2) is 0 Å². The van der Waals surface area contributed by atoms with E-state index < -0.39 is 17.9 Å². The van der Waals surface area contributed by atoms with Gasteiger partial charge in [-0.2, -0.15) is 4.90 Å². The van der Waals surface area contributed by atoms with Gasteiger partial charge in [-0.3, -0.25) is 14.5 Å². The third-order valence-corrected chi connectivity index (χ3v) is 4.81. The lowest BCUT2D eigenvalue weighted by Gasteiger charge is -2.26. The first-order valence-corrected chi connectivity index (χ1v) is 10.0. The number of imide groups is 3. The van der Waals surface area contributed by atoms with E-state index in [9.17, 15) is 14.4 Å². The highest BCUT2D eigenvalue weighted by Gasteiger charge is 2.30. The van der Waals surface area contributed by atoms with Gasteiger partial charge in [-0.15, -0.1) is 0 Å². The summed E-state index contributed by atoms with van der Waals surface area (Å²) in [5.74, 6) is -1.20. The molecule has 3 rings (SSSR count). The van der Waals surface area contributed by atoms with Gasteiger partial charge < -0.3 is 9.47 Å². The molecule has 2 aromatic carbocycles. The van der Waals surface area contributed by atoms with E-state index in [0.29, 0.717) is 24.7 Å². The SMILES string of the molecule is O=C(Cc1ccccc1)N(C(=O)Cc1ccccc1)C(=O)OCCN1CCOCC1. The van der Waals surface area contributed by atoms with Crippen LogP contribution in [0.5, 0.6) is 0 Å². The smallest absolute Gasteiger partial charge is 0.423 e. The van der Waals surface area contributed by atoms with Crippen LogP contribution < -0.4 is 0 Å². The molecule has 0 bridgehead atoms. The molecular formula is C23H26N2O5. The molecule has 30 heavy (non-hydrogen) atoms. The molecule has 0 aliphatic carbocycles. The number of carbonyl (C=O) groups excluding carboxylic acids is 3. The maximum Gasteiger partial charge on any atom is 0.423 e. The molecule has 0 spiro atoms. The minimum absolute atomic E-state index is 0.0556. The molecule has 0 saturated carbocycles. The molecule has 0 atom stereocenters. The summed E-state index contributed by atoms with van der Waals surface area (Å²) in [5.41, 5.74) is 1.45. The standard InChI is InChI=1S/C23H26N2O5/c26-21(17-19-7-3-1-4-8-19)25(22(27)18-20-9-5-2-6-10-20)23(28)30-16-13-24-11-14-29-15-12-24/h1-10H,11-18H2. The fraction of sp³-hybridized carbons (Fsp3) is 0.348. The molecule has 0 radical (unpaired) electrons. The molecule has 1 saturated heterocycles. The van der Waals surface area contributed by atoms with Crippen molar-refractivity contribution in [2.24, 2.45) is 0 Å². The predicted octanol–water partition coefficient (Wildman–Crippen LogP) is 2.30. The highest BCUT2D eigenvalue weighted by molar-refractivity contribution is 6.09. The molecule has 1 fully saturated rings. The van der Waals surface area contributed by atoms with E-state index in [1.54, 1.807) is 48.5 Å². The van der Waals surface area contributed by atoms with Gasteiger partial charge in [0.2, 0.25) is 11.8 Å². The Morgan fingerprint density at radius 1 is 0.833 bits per heavy atom. The molecule has 3 amide bonds. The number of rotatable bonds is 7. The third-order valence-electron chi connectivity index (χ3n) is 4.81. The van der Waals surface area contributed by atoms with Crippen LogP contribution in [-0.4, -0.2) is 67.2 Å². The number of ether oxygens (including phenoxy) is 2. The second-order valence-electron chi connectivity index (χ2n) is 7.02. The molecular weight excluding hydrogens is 384 g/mol. The van der Waals surface area contributed by atoms with Crippen LogP contribution in [0, 0.1) is 0 Å². The molecule has 1 aliphatic rings. The predicted molar refractivity (Wildman–Crippen MR) is 111 cm³/mol. The van der Waals surface area contributed by atoms with Crippen LogP contribution in [0.4, 0.5) is 4.79 Å². The Kier molecular flexibility index (Phi) is 8.11. The molecule has 1 heterocycles. The summed E-state index contributed by atoms with van der Waals surface area (Å²) in [4.78, 5) is 41.1. The number of hydrogen-bond acceptors (Lipinski definition) is 6. The zero-order valence-corrected chi connectivity index (χ0v) is 16.9. The lowest BCUT2D eigenvalue weighted by atomic mass is 10.1. The molecule has 0 N–H and O–H groups in total. The summed E-state index contributed by atoms with van der Waals surface area (Å²) in [6.45, 7) is 3.45. The largest absolute Gasteiger partial charge is 0.447 e. The normalized spacial score (nSPS) is 14.1. The Hall–Kier alpha value is -3.03. The minimum atomic E-state index is -0.926. The van der Waals surface area contributed by atoms with E-state index in [1.165, 1.54) is 0 Å². The van der Waals surface area contributed by atoms with Gasteiger partial charge in [0.1, 0.15) is 6.61 Å². The number of hydrogen-bond donors (Lipinski definition) is 0. The second-order valence-corrected chi connectivity index (χ2v) is 7.02. The monoisotopic (exact) mass is 410 g/mol. The van der Waals surface area contributed by atoms with Crippen LogP contribution in [0.25, 0.3) is 0 Å². The van der Waals surface area contributed by atoms with E-state index in [1.807, 2.05) is 12.1 Å². The highest BCUT2D eigenvalue weighted by atomic mass is 16.6. The Morgan fingerprint density at radius 3 is 1.83 bits per heavy atom. The quantitative estimate of drug-likeness (QED) is 0.697. The molecule has 7 nitrogen and oxygen atoms in total. The molecule has 1 aliphatic heterocycles. The van der Waals surface area contributed by atoms with Gasteiger partial charge in [0.25, 0.3) is 0 Å². The first kappa shape index (κ1) is 21.7. The van der Waals surface area contributed by atoms with Crippen LogP contribution in [0.1, 0.15) is 11.1 Å². The summed E-state index contributed by atoms with van der Waals surface area (Å²) in [7, 11) is 0. The van der Waals surface area contributed by atoms with E-state index in [4.69, 9.17) is 9.47 Å². The van der Waals surface area contributed by atoms with E-state index >= 15 is 0 Å². The van der Waals surface area contributed by atoms with Crippen molar-refractivity contribution in [3.05, 3.63) is 71.8 Å². The Labute approximate surface area is 176 Å².